The Morgan fingerprint density at radius 2 is 2.33 bits per heavy atom. The zero-order valence-corrected chi connectivity index (χ0v) is 5.68. The summed E-state index contributed by atoms with van der Waals surface area (Å²) in [5.74, 6) is 0. The van der Waals surface area contributed by atoms with Crippen LogP contribution in [0.4, 0.5) is 0 Å². The summed E-state index contributed by atoms with van der Waals surface area (Å²) in [6.07, 6.45) is 1.74. The van der Waals surface area contributed by atoms with E-state index in [-0.39, 0.29) is 9.52 Å². The molecule has 0 radical (unpaired) electrons. The quantitative estimate of drug-likeness (QED) is 0.360. The second-order valence-electron chi connectivity index (χ2n) is 1.02. The topological polar surface area (TPSA) is 9.23 Å². The van der Waals surface area contributed by atoms with Crippen molar-refractivity contribution in [2.75, 3.05) is 7.11 Å². The number of hydrogen-bond acceptors (Lipinski definition) is 1. The van der Waals surface area contributed by atoms with Crippen LogP contribution in [0.1, 0.15) is 0 Å². The van der Waals surface area contributed by atoms with E-state index >= 15 is 0 Å². The van der Waals surface area contributed by atoms with Crippen LogP contribution < -0.4 is 0 Å². The van der Waals surface area contributed by atoms with E-state index in [0.717, 1.165) is 0 Å². The maximum absolute atomic E-state index is 4.64. The molecule has 0 aromatic rings. The van der Waals surface area contributed by atoms with Crippen molar-refractivity contribution in [3.63, 3.8) is 0 Å². The Bertz CT molecular complexity index is 36.8. The molecule has 0 saturated heterocycles. The summed E-state index contributed by atoms with van der Waals surface area (Å²) < 4.78 is 4.64. The van der Waals surface area contributed by atoms with Gasteiger partial charge in [0.15, 0.2) is 0 Å². The van der Waals surface area contributed by atoms with Gasteiger partial charge >= 0.3 is 0 Å². The summed E-state index contributed by atoms with van der Waals surface area (Å²) in [5, 5.41) is 0. The molecule has 0 spiro atoms. The maximum Gasteiger partial charge on any atom is 0.0766 e. The fourth-order valence-electron chi connectivity index (χ4n) is 0.192. The Morgan fingerprint density at radius 1 is 1.67 bits per heavy atom. The summed E-state index contributed by atoms with van der Waals surface area (Å²) >= 11 is 0. The van der Waals surface area contributed by atoms with E-state index in [2.05, 4.69) is 17.0 Å². The third-order valence-corrected chi connectivity index (χ3v) is 1.13. The van der Waals surface area contributed by atoms with Crippen LogP contribution >= 0.6 is 0 Å². The lowest BCUT2D eigenvalue weighted by molar-refractivity contribution is 0.339. The Morgan fingerprint density at radius 3 is 2.50 bits per heavy atom. The maximum atomic E-state index is 4.64. The summed E-state index contributed by atoms with van der Waals surface area (Å²) in [4.78, 5) is 0. The van der Waals surface area contributed by atoms with Gasteiger partial charge in [0.05, 0.1) is 13.4 Å². The second-order valence-corrected chi connectivity index (χ2v) is 2.30. The molecular weight excluding hydrogens is 92.1 g/mol. The molecule has 0 N–H and O–H groups in total. The number of rotatable bonds is 2. The first kappa shape index (κ1) is 5.76. The van der Waals surface area contributed by atoms with E-state index in [9.17, 15) is 0 Å². The smallest absolute Gasteiger partial charge is 0.0766 e. The minimum atomic E-state index is 0.0974. The van der Waals surface area contributed by atoms with Crippen LogP contribution in [0.25, 0.3) is 0 Å². The van der Waals surface area contributed by atoms with Crippen molar-refractivity contribution >= 4 is 9.52 Å². The SMILES string of the molecule is COC=C[SiH2]C. The largest absolute Gasteiger partial charge is 0.505 e. The third-order valence-electron chi connectivity index (χ3n) is 0.468. The highest BCUT2D eigenvalue weighted by molar-refractivity contribution is 6.40. The van der Waals surface area contributed by atoms with Gasteiger partial charge in [-0.25, -0.2) is 0 Å². The van der Waals surface area contributed by atoms with Gasteiger partial charge in [0.1, 0.15) is 0 Å². The third kappa shape index (κ3) is 3.76. The predicted octanol–water partition coefficient (Wildman–Crippen LogP) is 0.321. The predicted molar refractivity (Wildman–Crippen MR) is 30.6 cm³/mol. The van der Waals surface area contributed by atoms with Crippen LogP contribution in [0.15, 0.2) is 12.0 Å². The van der Waals surface area contributed by atoms with Gasteiger partial charge in [-0.15, -0.1) is 0 Å². The van der Waals surface area contributed by atoms with Crippen molar-refractivity contribution in [2.45, 2.75) is 6.55 Å². The highest BCUT2D eigenvalue weighted by Crippen LogP contribution is 1.66. The molecule has 6 heavy (non-hydrogen) atoms. The number of ether oxygens (including phenoxy) is 1. The van der Waals surface area contributed by atoms with Crippen molar-refractivity contribution in [3.05, 3.63) is 12.0 Å². The minimum absolute atomic E-state index is 0.0974. The van der Waals surface area contributed by atoms with Gasteiger partial charge in [0.2, 0.25) is 0 Å². The van der Waals surface area contributed by atoms with Crippen LogP contribution in [0.3, 0.4) is 0 Å². The molecule has 0 aliphatic carbocycles. The Labute approximate surface area is 40.8 Å². The molecule has 0 unspecified atom stereocenters. The van der Waals surface area contributed by atoms with E-state index in [4.69, 9.17) is 0 Å². The molecule has 0 aliphatic rings. The highest BCUT2D eigenvalue weighted by atomic mass is 28.2. The first-order chi connectivity index (χ1) is 2.91. The number of methoxy groups -OCH3 is 1. The second kappa shape index (κ2) is 4.76. The lowest BCUT2D eigenvalue weighted by Crippen LogP contribution is -1.70. The molecule has 0 aliphatic heterocycles. The van der Waals surface area contributed by atoms with Gasteiger partial charge in [0.25, 0.3) is 0 Å². The summed E-state index contributed by atoms with van der Waals surface area (Å²) in [6, 6.07) is 0. The summed E-state index contributed by atoms with van der Waals surface area (Å²) in [6.45, 7) is 2.20. The first-order valence-corrected chi connectivity index (χ1v) is 4.32. The molecule has 2 heteroatoms. The average Bonchev–Trinajstić information content (AvgIpc) is 1.61. The van der Waals surface area contributed by atoms with Gasteiger partial charge in [-0.05, 0) is 0 Å². The molecule has 0 amide bonds. The molecule has 0 bridgehead atoms. The van der Waals surface area contributed by atoms with Gasteiger partial charge < -0.3 is 4.74 Å². The zero-order valence-electron chi connectivity index (χ0n) is 4.27. The van der Waals surface area contributed by atoms with Crippen LogP contribution in [0.5, 0.6) is 0 Å². The van der Waals surface area contributed by atoms with Crippen LogP contribution in [-0.2, 0) is 4.74 Å². The number of hydrogen-bond donors (Lipinski definition) is 0. The van der Waals surface area contributed by atoms with E-state index < -0.39 is 0 Å². The van der Waals surface area contributed by atoms with Crippen LogP contribution in [0, 0.1) is 0 Å². The first-order valence-electron chi connectivity index (χ1n) is 2.09. The van der Waals surface area contributed by atoms with Gasteiger partial charge in [-0.1, -0.05) is 12.2 Å². The van der Waals surface area contributed by atoms with Gasteiger partial charge in [-0.2, -0.15) is 0 Å². The molecule has 0 aromatic heterocycles. The average molecular weight is 102 g/mol. The van der Waals surface area contributed by atoms with Gasteiger partial charge in [-0.3, -0.25) is 0 Å². The molecule has 0 fully saturated rings. The lowest BCUT2D eigenvalue weighted by Gasteiger charge is -1.79. The van der Waals surface area contributed by atoms with Crippen molar-refractivity contribution < 1.29 is 4.74 Å². The van der Waals surface area contributed by atoms with Crippen LogP contribution in [0.2, 0.25) is 6.55 Å². The molecule has 0 atom stereocenters. The normalized spacial score (nSPS) is 11.7. The summed E-state index contributed by atoms with van der Waals surface area (Å²) in [7, 11) is 1.76. The van der Waals surface area contributed by atoms with E-state index in [1.165, 1.54) is 0 Å². The van der Waals surface area contributed by atoms with Crippen LogP contribution in [-0.4, -0.2) is 16.6 Å². The van der Waals surface area contributed by atoms with Crippen molar-refractivity contribution in [3.8, 4) is 0 Å². The Kier molecular flexibility index (Phi) is 4.56. The molecule has 0 rings (SSSR count). The highest BCUT2D eigenvalue weighted by Gasteiger charge is 1.60. The van der Waals surface area contributed by atoms with E-state index in [1.54, 1.807) is 13.4 Å². The minimum Gasteiger partial charge on any atom is -0.505 e. The monoisotopic (exact) mass is 102 g/mol. The molecular formula is C4H10OSi. The standard InChI is InChI=1S/C4H10OSi/c1-5-3-4-6-2/h3-4H,6H2,1-2H3. The van der Waals surface area contributed by atoms with Gasteiger partial charge in [0, 0.05) is 9.52 Å². The fraction of sp³-hybridized carbons (Fsp3) is 0.500. The van der Waals surface area contributed by atoms with Crippen molar-refractivity contribution in [1.29, 1.82) is 0 Å². The van der Waals surface area contributed by atoms with E-state index in [0.29, 0.717) is 0 Å². The lowest BCUT2D eigenvalue weighted by atomic mass is 11.1. The molecule has 0 heterocycles. The fourth-order valence-corrected chi connectivity index (χ4v) is 0.577. The molecule has 0 saturated carbocycles. The Hall–Kier alpha value is -0.243. The zero-order chi connectivity index (χ0) is 4.83. The Balaban J connectivity index is 2.73. The molecule has 1 nitrogen and oxygen atoms in total. The van der Waals surface area contributed by atoms with E-state index in [1.807, 2.05) is 0 Å². The van der Waals surface area contributed by atoms with Crippen molar-refractivity contribution in [1.82, 2.24) is 0 Å². The summed E-state index contributed by atoms with van der Waals surface area (Å²) in [5.41, 5.74) is 2.10. The molecule has 36 valence electrons. The molecule has 0 aromatic carbocycles. The van der Waals surface area contributed by atoms with Crippen molar-refractivity contribution in [2.24, 2.45) is 0 Å².